The Balaban J connectivity index is 2.23. The van der Waals surface area contributed by atoms with Gasteiger partial charge in [-0.25, -0.2) is 8.78 Å². The fourth-order valence-corrected chi connectivity index (χ4v) is 1.35. The molecular formula is C12H17F2NO. The predicted octanol–water partition coefficient (Wildman–Crippen LogP) is 2.48. The van der Waals surface area contributed by atoms with Crippen molar-refractivity contribution in [2.24, 2.45) is 0 Å². The Hall–Kier alpha value is -1.00. The van der Waals surface area contributed by atoms with Gasteiger partial charge in [0.15, 0.2) is 0 Å². The molecule has 0 aromatic heterocycles. The first kappa shape index (κ1) is 13.1. The molecule has 16 heavy (non-hydrogen) atoms. The van der Waals surface area contributed by atoms with Crippen molar-refractivity contribution in [2.75, 3.05) is 19.8 Å². The topological polar surface area (TPSA) is 21.3 Å². The summed E-state index contributed by atoms with van der Waals surface area (Å²) in [6, 6.07) is 3.48. The highest BCUT2D eigenvalue weighted by molar-refractivity contribution is 5.18. The van der Waals surface area contributed by atoms with Gasteiger partial charge in [0, 0.05) is 25.3 Å². The maximum Gasteiger partial charge on any atom is 0.127 e. The van der Waals surface area contributed by atoms with Gasteiger partial charge in [-0.3, -0.25) is 0 Å². The predicted molar refractivity (Wildman–Crippen MR) is 59.2 cm³/mol. The second-order valence-electron chi connectivity index (χ2n) is 3.46. The number of halogens is 2. The van der Waals surface area contributed by atoms with Crippen LogP contribution in [0.2, 0.25) is 0 Å². The lowest BCUT2D eigenvalue weighted by Gasteiger charge is -2.06. The SMILES string of the molecule is CCOCCCNCc1cc(F)ccc1F. The van der Waals surface area contributed by atoms with E-state index < -0.39 is 5.82 Å². The molecule has 1 aromatic carbocycles. The van der Waals surface area contributed by atoms with Crippen LogP contribution >= 0.6 is 0 Å². The molecule has 0 saturated carbocycles. The number of hydrogen-bond donors (Lipinski definition) is 1. The maximum atomic E-state index is 13.2. The van der Waals surface area contributed by atoms with Gasteiger partial charge in [-0.05, 0) is 38.1 Å². The third-order valence-corrected chi connectivity index (χ3v) is 2.17. The van der Waals surface area contributed by atoms with Gasteiger partial charge >= 0.3 is 0 Å². The summed E-state index contributed by atoms with van der Waals surface area (Å²) in [7, 11) is 0. The molecule has 1 aromatic rings. The minimum atomic E-state index is -0.410. The van der Waals surface area contributed by atoms with Gasteiger partial charge in [-0.2, -0.15) is 0 Å². The molecule has 0 radical (unpaired) electrons. The van der Waals surface area contributed by atoms with E-state index >= 15 is 0 Å². The number of rotatable bonds is 7. The molecule has 2 nitrogen and oxygen atoms in total. The average molecular weight is 229 g/mol. The molecule has 0 aliphatic rings. The Kier molecular flexibility index (Phi) is 5.96. The summed E-state index contributed by atoms with van der Waals surface area (Å²) in [5.74, 6) is -0.786. The summed E-state index contributed by atoms with van der Waals surface area (Å²) >= 11 is 0. The first-order valence-electron chi connectivity index (χ1n) is 5.46. The number of hydrogen-bond acceptors (Lipinski definition) is 2. The van der Waals surface area contributed by atoms with Gasteiger partial charge in [-0.1, -0.05) is 0 Å². The highest BCUT2D eigenvalue weighted by Gasteiger charge is 2.02. The zero-order valence-electron chi connectivity index (χ0n) is 9.43. The molecule has 0 amide bonds. The van der Waals surface area contributed by atoms with Gasteiger partial charge < -0.3 is 10.1 Å². The van der Waals surface area contributed by atoms with Crippen molar-refractivity contribution in [1.29, 1.82) is 0 Å². The average Bonchev–Trinajstić information content (AvgIpc) is 2.28. The van der Waals surface area contributed by atoms with E-state index in [4.69, 9.17) is 4.74 Å². The van der Waals surface area contributed by atoms with Crippen LogP contribution in [0.1, 0.15) is 18.9 Å². The van der Waals surface area contributed by atoms with Crippen molar-refractivity contribution in [3.05, 3.63) is 35.4 Å². The summed E-state index contributed by atoms with van der Waals surface area (Å²) in [6.45, 7) is 4.41. The van der Waals surface area contributed by atoms with Crippen LogP contribution in [0.3, 0.4) is 0 Å². The van der Waals surface area contributed by atoms with Crippen molar-refractivity contribution in [1.82, 2.24) is 5.32 Å². The van der Waals surface area contributed by atoms with Gasteiger partial charge in [0.1, 0.15) is 11.6 Å². The molecule has 0 heterocycles. The Labute approximate surface area is 94.6 Å². The van der Waals surface area contributed by atoms with Gasteiger partial charge in [0.05, 0.1) is 0 Å². The van der Waals surface area contributed by atoms with Crippen LogP contribution in [0.15, 0.2) is 18.2 Å². The molecule has 90 valence electrons. The normalized spacial score (nSPS) is 10.7. The van der Waals surface area contributed by atoms with Crippen LogP contribution in [-0.2, 0) is 11.3 Å². The van der Waals surface area contributed by atoms with Crippen LogP contribution in [0.25, 0.3) is 0 Å². The van der Waals surface area contributed by atoms with Crippen LogP contribution in [-0.4, -0.2) is 19.8 Å². The smallest absolute Gasteiger partial charge is 0.127 e. The molecule has 0 atom stereocenters. The minimum absolute atomic E-state index is 0.343. The lowest BCUT2D eigenvalue weighted by molar-refractivity contribution is 0.144. The van der Waals surface area contributed by atoms with Crippen LogP contribution in [0.5, 0.6) is 0 Å². The molecule has 1 rings (SSSR count). The van der Waals surface area contributed by atoms with Crippen LogP contribution in [0, 0.1) is 11.6 Å². The lowest BCUT2D eigenvalue weighted by atomic mass is 10.2. The summed E-state index contributed by atoms with van der Waals surface area (Å²) in [4.78, 5) is 0. The third-order valence-electron chi connectivity index (χ3n) is 2.17. The first-order valence-corrected chi connectivity index (χ1v) is 5.46. The molecule has 0 unspecified atom stereocenters. The fourth-order valence-electron chi connectivity index (χ4n) is 1.35. The number of nitrogens with one attached hydrogen (secondary N) is 1. The van der Waals surface area contributed by atoms with E-state index in [-0.39, 0.29) is 5.82 Å². The quantitative estimate of drug-likeness (QED) is 0.725. The van der Waals surface area contributed by atoms with Crippen molar-refractivity contribution >= 4 is 0 Å². The van der Waals surface area contributed by atoms with Gasteiger partial charge in [-0.15, -0.1) is 0 Å². The second kappa shape index (κ2) is 7.30. The Morgan fingerprint density at radius 3 is 2.88 bits per heavy atom. The second-order valence-corrected chi connectivity index (χ2v) is 3.46. The highest BCUT2D eigenvalue weighted by atomic mass is 19.1. The molecule has 0 saturated heterocycles. The molecule has 0 spiro atoms. The van der Waals surface area contributed by atoms with E-state index in [0.717, 1.165) is 25.1 Å². The Morgan fingerprint density at radius 2 is 2.12 bits per heavy atom. The number of ether oxygens (including phenoxy) is 1. The summed E-state index contributed by atoms with van der Waals surface area (Å²) in [6.07, 6.45) is 0.866. The van der Waals surface area contributed by atoms with Crippen LogP contribution in [0.4, 0.5) is 8.78 Å². The van der Waals surface area contributed by atoms with E-state index in [2.05, 4.69) is 5.32 Å². The van der Waals surface area contributed by atoms with Crippen molar-refractivity contribution in [3.8, 4) is 0 Å². The zero-order chi connectivity index (χ0) is 11.8. The Bertz CT molecular complexity index is 318. The Morgan fingerprint density at radius 1 is 1.31 bits per heavy atom. The third kappa shape index (κ3) is 4.68. The van der Waals surface area contributed by atoms with E-state index in [1.54, 1.807) is 0 Å². The zero-order valence-corrected chi connectivity index (χ0v) is 9.43. The van der Waals surface area contributed by atoms with Crippen molar-refractivity contribution < 1.29 is 13.5 Å². The molecule has 0 aliphatic heterocycles. The lowest BCUT2D eigenvalue weighted by Crippen LogP contribution is -2.17. The number of benzene rings is 1. The van der Waals surface area contributed by atoms with Gasteiger partial charge in [0.25, 0.3) is 0 Å². The molecule has 4 heteroatoms. The van der Waals surface area contributed by atoms with Crippen LogP contribution < -0.4 is 5.32 Å². The van der Waals surface area contributed by atoms with E-state index in [0.29, 0.717) is 25.3 Å². The minimum Gasteiger partial charge on any atom is -0.382 e. The maximum absolute atomic E-state index is 13.2. The fraction of sp³-hybridized carbons (Fsp3) is 0.500. The van der Waals surface area contributed by atoms with E-state index in [1.165, 1.54) is 6.07 Å². The standard InChI is InChI=1S/C12H17F2NO/c1-2-16-7-3-6-15-9-10-8-11(13)4-5-12(10)14/h4-5,8,15H,2-3,6-7,9H2,1H3. The summed E-state index contributed by atoms with van der Waals surface area (Å²) in [5.41, 5.74) is 0.358. The highest BCUT2D eigenvalue weighted by Crippen LogP contribution is 2.08. The summed E-state index contributed by atoms with van der Waals surface area (Å²) in [5, 5.41) is 3.04. The van der Waals surface area contributed by atoms with E-state index in [1.807, 2.05) is 6.92 Å². The van der Waals surface area contributed by atoms with Gasteiger partial charge in [0.2, 0.25) is 0 Å². The summed E-state index contributed by atoms with van der Waals surface area (Å²) < 4.78 is 31.1. The molecule has 0 aliphatic carbocycles. The first-order chi connectivity index (χ1) is 7.74. The molecular weight excluding hydrogens is 212 g/mol. The molecule has 0 bridgehead atoms. The van der Waals surface area contributed by atoms with E-state index in [9.17, 15) is 8.78 Å². The molecule has 0 fully saturated rings. The molecule has 1 N–H and O–H groups in total. The largest absolute Gasteiger partial charge is 0.382 e. The monoisotopic (exact) mass is 229 g/mol. The van der Waals surface area contributed by atoms with Crippen molar-refractivity contribution in [2.45, 2.75) is 19.9 Å². The van der Waals surface area contributed by atoms with Crippen molar-refractivity contribution in [3.63, 3.8) is 0 Å².